The minimum absolute atomic E-state index is 0.215. The van der Waals surface area contributed by atoms with Gasteiger partial charge in [0.25, 0.3) is 0 Å². The third kappa shape index (κ3) is 3.10. The molecule has 2 aromatic rings. The van der Waals surface area contributed by atoms with Gasteiger partial charge in [-0.3, -0.25) is 0 Å². The molecular formula is C13H13BrFNOS. The summed E-state index contributed by atoms with van der Waals surface area (Å²) >= 11 is 4.78. The van der Waals surface area contributed by atoms with Crippen molar-refractivity contribution < 1.29 is 9.13 Å². The molecule has 2 atom stereocenters. The highest BCUT2D eigenvalue weighted by Crippen LogP contribution is 2.29. The second kappa shape index (κ2) is 5.82. The monoisotopic (exact) mass is 329 g/mol. The van der Waals surface area contributed by atoms with Crippen LogP contribution in [0.4, 0.5) is 4.39 Å². The Morgan fingerprint density at radius 1 is 1.39 bits per heavy atom. The van der Waals surface area contributed by atoms with Crippen molar-refractivity contribution in [2.75, 3.05) is 0 Å². The summed E-state index contributed by atoms with van der Waals surface area (Å²) < 4.78 is 20.1. The number of rotatable bonds is 4. The highest BCUT2D eigenvalue weighted by Gasteiger charge is 2.20. The fourth-order valence-corrected chi connectivity index (χ4v) is 2.64. The van der Waals surface area contributed by atoms with Crippen LogP contribution in [0.5, 0.6) is 5.75 Å². The van der Waals surface area contributed by atoms with E-state index < -0.39 is 5.82 Å². The summed E-state index contributed by atoms with van der Waals surface area (Å²) in [6.07, 6.45) is -0.341. The van der Waals surface area contributed by atoms with Gasteiger partial charge < -0.3 is 10.5 Å². The Labute approximate surface area is 118 Å². The Balaban J connectivity index is 2.24. The van der Waals surface area contributed by atoms with E-state index in [4.69, 9.17) is 10.5 Å². The van der Waals surface area contributed by atoms with Gasteiger partial charge in [0.05, 0.1) is 0 Å². The maximum Gasteiger partial charge on any atom is 0.166 e. The lowest BCUT2D eigenvalue weighted by atomic mass is 10.1. The van der Waals surface area contributed by atoms with Crippen molar-refractivity contribution in [3.8, 4) is 5.75 Å². The fourth-order valence-electron chi connectivity index (χ4n) is 1.62. The maximum atomic E-state index is 13.7. The van der Waals surface area contributed by atoms with Crippen molar-refractivity contribution in [1.82, 2.24) is 0 Å². The molecule has 0 bridgehead atoms. The Morgan fingerprint density at radius 2 is 2.17 bits per heavy atom. The average molecular weight is 330 g/mol. The van der Waals surface area contributed by atoms with Crippen molar-refractivity contribution in [2.45, 2.75) is 19.1 Å². The molecule has 5 heteroatoms. The van der Waals surface area contributed by atoms with Gasteiger partial charge in [0.1, 0.15) is 6.10 Å². The van der Waals surface area contributed by atoms with Crippen LogP contribution in [0.1, 0.15) is 18.6 Å². The van der Waals surface area contributed by atoms with Gasteiger partial charge in [-0.1, -0.05) is 15.9 Å². The summed E-state index contributed by atoms with van der Waals surface area (Å²) in [5.41, 5.74) is 6.87. The molecule has 0 radical (unpaired) electrons. The van der Waals surface area contributed by atoms with Crippen LogP contribution < -0.4 is 10.5 Å². The molecule has 2 rings (SSSR count). The molecule has 1 aromatic carbocycles. The molecule has 18 heavy (non-hydrogen) atoms. The average Bonchev–Trinajstić information content (AvgIpc) is 2.80. The number of ether oxygens (including phenoxy) is 1. The second-order valence-corrected chi connectivity index (χ2v) is 5.72. The van der Waals surface area contributed by atoms with E-state index >= 15 is 0 Å². The Hall–Kier alpha value is -0.910. The largest absolute Gasteiger partial charge is 0.481 e. The van der Waals surface area contributed by atoms with Gasteiger partial charge >= 0.3 is 0 Å². The number of hydrogen-bond acceptors (Lipinski definition) is 3. The molecule has 0 aliphatic carbocycles. The quantitative estimate of drug-likeness (QED) is 0.915. The molecule has 0 amide bonds. The van der Waals surface area contributed by atoms with Crippen molar-refractivity contribution in [1.29, 1.82) is 0 Å². The molecule has 0 saturated carbocycles. The molecule has 0 aliphatic heterocycles. The number of hydrogen-bond donors (Lipinski definition) is 1. The topological polar surface area (TPSA) is 35.2 Å². The summed E-state index contributed by atoms with van der Waals surface area (Å²) in [5.74, 6) is -0.183. The van der Waals surface area contributed by atoms with Crippen LogP contribution in [0.2, 0.25) is 0 Å². The number of halogens is 2. The summed E-state index contributed by atoms with van der Waals surface area (Å²) in [5, 5.41) is 3.91. The summed E-state index contributed by atoms with van der Waals surface area (Å²) in [6, 6.07) is 6.44. The minimum atomic E-state index is -0.398. The Kier molecular flexibility index (Phi) is 4.37. The molecule has 0 aliphatic rings. The fraction of sp³-hybridized carbons (Fsp3) is 0.231. The molecule has 0 spiro atoms. The van der Waals surface area contributed by atoms with E-state index in [1.54, 1.807) is 23.5 Å². The van der Waals surface area contributed by atoms with Crippen LogP contribution in [0.25, 0.3) is 0 Å². The van der Waals surface area contributed by atoms with Crippen LogP contribution in [-0.2, 0) is 0 Å². The van der Waals surface area contributed by atoms with E-state index in [1.807, 2.05) is 23.8 Å². The van der Waals surface area contributed by atoms with Gasteiger partial charge in [0, 0.05) is 16.1 Å². The molecule has 2 unspecified atom stereocenters. The highest BCUT2D eigenvalue weighted by molar-refractivity contribution is 9.10. The van der Waals surface area contributed by atoms with Gasteiger partial charge in [-0.2, -0.15) is 11.3 Å². The summed E-state index contributed by atoms with van der Waals surface area (Å²) in [6.45, 7) is 1.85. The minimum Gasteiger partial charge on any atom is -0.481 e. The van der Waals surface area contributed by atoms with E-state index in [1.165, 1.54) is 6.07 Å². The zero-order valence-corrected chi connectivity index (χ0v) is 12.2. The number of thiophene rings is 1. The van der Waals surface area contributed by atoms with Crippen LogP contribution in [0.3, 0.4) is 0 Å². The SMILES string of the molecule is CC(N)C(Oc1ccc(Br)cc1F)c1ccsc1. The van der Waals surface area contributed by atoms with Crippen LogP contribution in [0.15, 0.2) is 39.5 Å². The van der Waals surface area contributed by atoms with Gasteiger partial charge in [-0.25, -0.2) is 4.39 Å². The third-order valence-electron chi connectivity index (χ3n) is 2.50. The first-order chi connectivity index (χ1) is 8.58. The molecule has 96 valence electrons. The van der Waals surface area contributed by atoms with Gasteiger partial charge in [0.2, 0.25) is 0 Å². The van der Waals surface area contributed by atoms with E-state index in [-0.39, 0.29) is 17.9 Å². The highest BCUT2D eigenvalue weighted by atomic mass is 79.9. The van der Waals surface area contributed by atoms with Crippen molar-refractivity contribution >= 4 is 27.3 Å². The van der Waals surface area contributed by atoms with Crippen molar-refractivity contribution in [3.05, 3.63) is 50.9 Å². The number of benzene rings is 1. The molecule has 1 aromatic heterocycles. The Morgan fingerprint density at radius 3 is 2.72 bits per heavy atom. The van der Waals surface area contributed by atoms with E-state index in [0.29, 0.717) is 4.47 Å². The Bertz CT molecular complexity index is 516. The van der Waals surface area contributed by atoms with E-state index in [0.717, 1.165) is 5.56 Å². The van der Waals surface area contributed by atoms with Gasteiger partial charge in [-0.05, 0) is 41.9 Å². The first kappa shape index (κ1) is 13.5. The molecule has 0 fully saturated rings. The zero-order chi connectivity index (χ0) is 13.1. The first-order valence-electron chi connectivity index (χ1n) is 5.47. The third-order valence-corrected chi connectivity index (χ3v) is 3.69. The van der Waals surface area contributed by atoms with Crippen LogP contribution >= 0.6 is 27.3 Å². The molecule has 0 saturated heterocycles. The smallest absolute Gasteiger partial charge is 0.166 e. The van der Waals surface area contributed by atoms with Gasteiger partial charge in [0.15, 0.2) is 11.6 Å². The molecule has 1 heterocycles. The zero-order valence-electron chi connectivity index (χ0n) is 9.77. The predicted molar refractivity (Wildman–Crippen MR) is 75.4 cm³/mol. The molecule has 2 N–H and O–H groups in total. The lowest BCUT2D eigenvalue weighted by Gasteiger charge is -2.22. The first-order valence-corrected chi connectivity index (χ1v) is 7.21. The summed E-state index contributed by atoms with van der Waals surface area (Å²) in [4.78, 5) is 0. The molecule has 2 nitrogen and oxygen atoms in total. The lowest BCUT2D eigenvalue weighted by molar-refractivity contribution is 0.173. The number of nitrogens with two attached hydrogens (primary N) is 1. The van der Waals surface area contributed by atoms with Crippen molar-refractivity contribution in [2.24, 2.45) is 5.73 Å². The molecular weight excluding hydrogens is 317 g/mol. The maximum absolute atomic E-state index is 13.7. The normalized spacial score (nSPS) is 14.2. The van der Waals surface area contributed by atoms with E-state index in [2.05, 4.69) is 15.9 Å². The van der Waals surface area contributed by atoms with Crippen LogP contribution in [0, 0.1) is 5.82 Å². The van der Waals surface area contributed by atoms with Crippen molar-refractivity contribution in [3.63, 3.8) is 0 Å². The van der Waals surface area contributed by atoms with Gasteiger partial charge in [-0.15, -0.1) is 0 Å². The summed E-state index contributed by atoms with van der Waals surface area (Å²) in [7, 11) is 0. The van der Waals surface area contributed by atoms with E-state index in [9.17, 15) is 4.39 Å². The predicted octanol–water partition coefficient (Wildman–Crippen LogP) is 4.12. The van der Waals surface area contributed by atoms with Crippen LogP contribution in [-0.4, -0.2) is 6.04 Å². The standard InChI is InChI=1S/C13H13BrFNOS/c1-8(16)13(9-4-5-18-7-9)17-12-3-2-10(14)6-11(12)15/h2-8,13H,16H2,1H3. The second-order valence-electron chi connectivity index (χ2n) is 4.03. The lowest BCUT2D eigenvalue weighted by Crippen LogP contribution is -2.28.